The summed E-state index contributed by atoms with van der Waals surface area (Å²) in [4.78, 5) is 14.8. The molecule has 0 spiro atoms. The smallest absolute Gasteiger partial charge is 0.224 e. The second kappa shape index (κ2) is 8.72. The summed E-state index contributed by atoms with van der Waals surface area (Å²) < 4.78 is 10.9. The molecule has 0 bridgehead atoms. The summed E-state index contributed by atoms with van der Waals surface area (Å²) in [6, 6.07) is 11.6. The number of hydrogen-bond acceptors (Lipinski definition) is 4. The fourth-order valence-electron chi connectivity index (χ4n) is 3.42. The first kappa shape index (κ1) is 17.5. The molecule has 0 radical (unpaired) electrons. The average molecular weight is 342 g/mol. The maximum Gasteiger partial charge on any atom is 0.224 e. The molecular formula is C20H26N2O3. The minimum atomic E-state index is -0.00179. The topological polar surface area (TPSA) is 54.7 Å². The molecule has 0 unspecified atom stereocenters. The lowest BCUT2D eigenvalue weighted by atomic mass is 10.1. The lowest BCUT2D eigenvalue weighted by molar-refractivity contribution is -0.120. The molecule has 25 heavy (non-hydrogen) atoms. The lowest BCUT2D eigenvalue weighted by Gasteiger charge is -2.33. The van der Waals surface area contributed by atoms with Gasteiger partial charge < -0.3 is 14.5 Å². The van der Waals surface area contributed by atoms with Gasteiger partial charge in [0.15, 0.2) is 0 Å². The predicted molar refractivity (Wildman–Crippen MR) is 96.6 cm³/mol. The summed E-state index contributed by atoms with van der Waals surface area (Å²) in [5.74, 6) is 1.66. The number of ether oxygens (including phenoxy) is 1. The van der Waals surface area contributed by atoms with Gasteiger partial charge in [0, 0.05) is 12.1 Å². The van der Waals surface area contributed by atoms with E-state index in [1.807, 2.05) is 36.4 Å². The van der Waals surface area contributed by atoms with Gasteiger partial charge in [0.25, 0.3) is 0 Å². The Morgan fingerprint density at radius 1 is 1.20 bits per heavy atom. The summed E-state index contributed by atoms with van der Waals surface area (Å²) in [5, 5.41) is 3.07. The number of likely N-dealkylation sites (tertiary alicyclic amines) is 1. The molecule has 1 aliphatic rings. The number of carbonyl (C=O) groups excluding carboxylic acids is 1. The first-order valence-corrected chi connectivity index (χ1v) is 8.94. The first-order chi connectivity index (χ1) is 12.3. The molecule has 134 valence electrons. The summed E-state index contributed by atoms with van der Waals surface area (Å²) in [5.41, 5.74) is 0.898. The molecule has 1 fully saturated rings. The third-order valence-corrected chi connectivity index (χ3v) is 4.74. The van der Waals surface area contributed by atoms with Crippen LogP contribution in [-0.2, 0) is 11.2 Å². The summed E-state index contributed by atoms with van der Waals surface area (Å²) >= 11 is 0. The minimum absolute atomic E-state index is 0.00179. The van der Waals surface area contributed by atoms with Crippen LogP contribution in [0.3, 0.4) is 0 Å². The van der Waals surface area contributed by atoms with Crippen LogP contribution in [0.25, 0.3) is 0 Å². The number of para-hydroxylation sites is 1. The number of rotatable bonds is 7. The molecule has 1 saturated heterocycles. The molecule has 1 atom stereocenters. The Morgan fingerprint density at radius 2 is 2.00 bits per heavy atom. The van der Waals surface area contributed by atoms with Crippen LogP contribution in [0.15, 0.2) is 47.1 Å². The van der Waals surface area contributed by atoms with Gasteiger partial charge >= 0.3 is 0 Å². The molecule has 1 N–H and O–H groups in total. The molecule has 0 saturated carbocycles. The summed E-state index contributed by atoms with van der Waals surface area (Å²) in [6.07, 6.45) is 5.69. The van der Waals surface area contributed by atoms with E-state index in [2.05, 4.69) is 10.2 Å². The Bertz CT molecular complexity index is 663. The highest BCUT2D eigenvalue weighted by Gasteiger charge is 2.25. The van der Waals surface area contributed by atoms with E-state index in [-0.39, 0.29) is 11.9 Å². The monoisotopic (exact) mass is 342 g/mol. The van der Waals surface area contributed by atoms with Gasteiger partial charge in [-0.1, -0.05) is 24.6 Å². The zero-order chi connectivity index (χ0) is 17.5. The van der Waals surface area contributed by atoms with Crippen molar-refractivity contribution in [2.24, 2.45) is 0 Å². The van der Waals surface area contributed by atoms with E-state index in [9.17, 15) is 4.79 Å². The number of piperidine rings is 1. The van der Waals surface area contributed by atoms with Crippen LogP contribution in [0.4, 0.5) is 0 Å². The maximum absolute atomic E-state index is 12.4. The number of benzene rings is 1. The van der Waals surface area contributed by atoms with E-state index >= 15 is 0 Å². The van der Waals surface area contributed by atoms with Gasteiger partial charge in [-0.05, 0) is 44.1 Å². The zero-order valence-electron chi connectivity index (χ0n) is 14.7. The molecule has 2 aromatic rings. The molecule has 0 aliphatic carbocycles. The van der Waals surface area contributed by atoms with Crippen molar-refractivity contribution in [2.75, 3.05) is 26.7 Å². The van der Waals surface area contributed by atoms with E-state index in [1.165, 1.54) is 19.3 Å². The molecule has 1 aromatic carbocycles. The highest BCUT2D eigenvalue weighted by molar-refractivity contribution is 5.79. The van der Waals surface area contributed by atoms with Gasteiger partial charge in [0.1, 0.15) is 11.5 Å². The third kappa shape index (κ3) is 4.63. The van der Waals surface area contributed by atoms with Crippen molar-refractivity contribution >= 4 is 5.91 Å². The standard InChI is InChI=1S/C20H26N2O3/c1-24-18-9-4-3-8-16(18)14-20(23)21-15-17(19-10-7-13-25-19)22-11-5-2-6-12-22/h3-4,7-10,13,17H,2,5-6,11-12,14-15H2,1H3,(H,21,23)/t17-/m1/s1. The van der Waals surface area contributed by atoms with Gasteiger partial charge in [-0.3, -0.25) is 9.69 Å². The Hall–Kier alpha value is -2.27. The predicted octanol–water partition coefficient (Wildman–Crippen LogP) is 3.17. The molecule has 1 aliphatic heterocycles. The van der Waals surface area contributed by atoms with Gasteiger partial charge in [-0.2, -0.15) is 0 Å². The maximum atomic E-state index is 12.4. The summed E-state index contributed by atoms with van der Waals surface area (Å²) in [7, 11) is 1.63. The minimum Gasteiger partial charge on any atom is -0.496 e. The highest BCUT2D eigenvalue weighted by atomic mass is 16.5. The highest BCUT2D eigenvalue weighted by Crippen LogP contribution is 2.24. The molecular weight excluding hydrogens is 316 g/mol. The van der Waals surface area contributed by atoms with E-state index in [1.54, 1.807) is 13.4 Å². The fourth-order valence-corrected chi connectivity index (χ4v) is 3.42. The van der Waals surface area contributed by atoms with E-state index in [4.69, 9.17) is 9.15 Å². The molecule has 5 nitrogen and oxygen atoms in total. The first-order valence-electron chi connectivity index (χ1n) is 8.94. The third-order valence-electron chi connectivity index (χ3n) is 4.74. The van der Waals surface area contributed by atoms with Crippen LogP contribution in [0.1, 0.15) is 36.6 Å². The average Bonchev–Trinajstić information content (AvgIpc) is 3.18. The quantitative estimate of drug-likeness (QED) is 0.840. The van der Waals surface area contributed by atoms with Crippen molar-refractivity contribution in [3.63, 3.8) is 0 Å². The number of furan rings is 1. The summed E-state index contributed by atoms with van der Waals surface area (Å²) in [6.45, 7) is 2.66. The second-order valence-corrected chi connectivity index (χ2v) is 6.42. The number of amides is 1. The second-order valence-electron chi connectivity index (χ2n) is 6.42. The molecule has 1 aromatic heterocycles. The van der Waals surface area contributed by atoms with Gasteiger partial charge in [0.2, 0.25) is 5.91 Å². The van der Waals surface area contributed by atoms with Crippen LogP contribution in [0.2, 0.25) is 0 Å². The number of hydrogen-bond donors (Lipinski definition) is 1. The van der Waals surface area contributed by atoms with Gasteiger partial charge in [-0.15, -0.1) is 0 Å². The van der Waals surface area contributed by atoms with Crippen molar-refractivity contribution in [3.05, 3.63) is 54.0 Å². The van der Waals surface area contributed by atoms with E-state index in [0.29, 0.717) is 13.0 Å². The van der Waals surface area contributed by atoms with Crippen LogP contribution in [0.5, 0.6) is 5.75 Å². The number of methoxy groups -OCH3 is 1. The Morgan fingerprint density at radius 3 is 2.72 bits per heavy atom. The Kier molecular flexibility index (Phi) is 6.12. The number of nitrogens with zero attached hydrogens (tertiary/aromatic N) is 1. The molecule has 1 amide bonds. The Balaban J connectivity index is 1.61. The fraction of sp³-hybridized carbons (Fsp3) is 0.450. The zero-order valence-corrected chi connectivity index (χ0v) is 14.7. The van der Waals surface area contributed by atoms with Crippen molar-refractivity contribution in [2.45, 2.75) is 31.7 Å². The Labute approximate surface area is 149 Å². The van der Waals surface area contributed by atoms with Crippen LogP contribution in [-0.4, -0.2) is 37.6 Å². The molecule has 2 heterocycles. The van der Waals surface area contributed by atoms with Crippen molar-refractivity contribution in [1.82, 2.24) is 10.2 Å². The normalized spacial score (nSPS) is 16.4. The molecule has 5 heteroatoms. The number of nitrogens with one attached hydrogen (secondary N) is 1. The SMILES string of the molecule is COc1ccccc1CC(=O)NC[C@H](c1ccco1)N1CCCCC1. The van der Waals surface area contributed by atoms with Crippen molar-refractivity contribution < 1.29 is 13.9 Å². The van der Waals surface area contributed by atoms with E-state index < -0.39 is 0 Å². The molecule has 3 rings (SSSR count). The van der Waals surface area contributed by atoms with Crippen LogP contribution < -0.4 is 10.1 Å². The van der Waals surface area contributed by atoms with Crippen molar-refractivity contribution in [1.29, 1.82) is 0 Å². The van der Waals surface area contributed by atoms with Crippen molar-refractivity contribution in [3.8, 4) is 5.75 Å². The lowest BCUT2D eigenvalue weighted by Crippen LogP contribution is -2.40. The van der Waals surface area contributed by atoms with Gasteiger partial charge in [0.05, 0.1) is 25.8 Å². The van der Waals surface area contributed by atoms with Gasteiger partial charge in [-0.25, -0.2) is 0 Å². The number of carbonyl (C=O) groups is 1. The largest absolute Gasteiger partial charge is 0.496 e. The van der Waals surface area contributed by atoms with Crippen LogP contribution >= 0.6 is 0 Å². The van der Waals surface area contributed by atoms with E-state index in [0.717, 1.165) is 30.2 Å². The van der Waals surface area contributed by atoms with Crippen LogP contribution in [0, 0.1) is 0 Å².